The fourth-order valence-corrected chi connectivity index (χ4v) is 2.68. The molecule has 0 spiro atoms. The fraction of sp³-hybridized carbons (Fsp3) is 0.818. The third-order valence-corrected chi connectivity index (χ3v) is 3.42. The molecule has 0 radical (unpaired) electrons. The molecule has 2 rings (SSSR count). The number of amides is 3. The summed E-state index contributed by atoms with van der Waals surface area (Å²) < 4.78 is 0. The molecule has 1 N–H and O–H groups in total. The van der Waals surface area contributed by atoms with Gasteiger partial charge < -0.3 is 5.32 Å². The van der Waals surface area contributed by atoms with Gasteiger partial charge in [-0.05, 0) is 24.7 Å². The number of hydrogen-bond donors (Lipinski definition) is 1. The number of rotatable bonds is 1. The molecule has 1 aliphatic heterocycles. The monoisotopic (exact) mass is 210 g/mol. The first kappa shape index (κ1) is 10.5. The van der Waals surface area contributed by atoms with Gasteiger partial charge in [-0.2, -0.15) is 0 Å². The molecule has 2 aliphatic rings. The van der Waals surface area contributed by atoms with Gasteiger partial charge in [-0.3, -0.25) is 9.69 Å². The summed E-state index contributed by atoms with van der Waals surface area (Å²) in [7, 11) is 0. The average molecular weight is 210 g/mol. The molecule has 2 fully saturated rings. The molecule has 3 amide bonds. The lowest BCUT2D eigenvalue weighted by Gasteiger charge is -2.38. The minimum atomic E-state index is -0.206. The van der Waals surface area contributed by atoms with E-state index >= 15 is 0 Å². The Morgan fingerprint density at radius 1 is 1.40 bits per heavy atom. The third kappa shape index (κ3) is 1.98. The van der Waals surface area contributed by atoms with Crippen LogP contribution in [0.3, 0.4) is 0 Å². The van der Waals surface area contributed by atoms with Crippen molar-refractivity contribution >= 4 is 11.9 Å². The van der Waals surface area contributed by atoms with Crippen molar-refractivity contribution in [3.63, 3.8) is 0 Å². The number of nitrogens with zero attached hydrogens (tertiary/aromatic N) is 1. The molecule has 1 unspecified atom stereocenters. The maximum atomic E-state index is 11.5. The number of carbonyl (C=O) groups excluding carboxylic acids is 2. The summed E-state index contributed by atoms with van der Waals surface area (Å²) in [4.78, 5) is 24.5. The first-order valence-corrected chi connectivity index (χ1v) is 5.59. The van der Waals surface area contributed by atoms with E-state index in [0.717, 1.165) is 19.3 Å². The van der Waals surface area contributed by atoms with E-state index in [1.165, 1.54) is 11.3 Å². The molecule has 15 heavy (non-hydrogen) atoms. The number of carbonyl (C=O) groups is 2. The quantitative estimate of drug-likeness (QED) is 0.667. The topological polar surface area (TPSA) is 49.4 Å². The van der Waals surface area contributed by atoms with Gasteiger partial charge in [0.15, 0.2) is 0 Å². The molecule has 1 heterocycles. The Kier molecular flexibility index (Phi) is 2.44. The highest BCUT2D eigenvalue weighted by Crippen LogP contribution is 2.37. The van der Waals surface area contributed by atoms with E-state index in [2.05, 4.69) is 19.2 Å². The second-order valence-electron chi connectivity index (χ2n) is 5.34. The fourth-order valence-electron chi connectivity index (χ4n) is 2.68. The van der Waals surface area contributed by atoms with Crippen LogP contribution < -0.4 is 5.32 Å². The maximum Gasteiger partial charge on any atom is 0.324 e. The van der Waals surface area contributed by atoms with Crippen molar-refractivity contribution in [3.8, 4) is 0 Å². The summed E-state index contributed by atoms with van der Waals surface area (Å²) >= 11 is 0. The molecule has 4 nitrogen and oxygen atoms in total. The Morgan fingerprint density at radius 2 is 2.13 bits per heavy atom. The van der Waals surface area contributed by atoms with Crippen LogP contribution in [0.4, 0.5) is 4.79 Å². The van der Waals surface area contributed by atoms with Gasteiger partial charge in [0, 0.05) is 6.04 Å². The summed E-state index contributed by atoms with van der Waals surface area (Å²) in [5.74, 6) is -0.0669. The molecule has 1 saturated heterocycles. The lowest BCUT2D eigenvalue weighted by atomic mass is 9.75. The van der Waals surface area contributed by atoms with Gasteiger partial charge in [0.25, 0.3) is 0 Å². The van der Waals surface area contributed by atoms with E-state index in [4.69, 9.17) is 0 Å². The van der Waals surface area contributed by atoms with Crippen molar-refractivity contribution in [2.24, 2.45) is 5.41 Å². The molecule has 1 saturated carbocycles. The molecule has 1 atom stereocenters. The highest BCUT2D eigenvalue weighted by molar-refractivity contribution is 6.02. The Balaban J connectivity index is 2.10. The van der Waals surface area contributed by atoms with Crippen molar-refractivity contribution < 1.29 is 9.59 Å². The number of imide groups is 1. The molecule has 0 bridgehead atoms. The van der Waals surface area contributed by atoms with Crippen LogP contribution in [0.5, 0.6) is 0 Å². The Hall–Kier alpha value is -1.06. The largest absolute Gasteiger partial charge is 0.329 e. The van der Waals surface area contributed by atoms with E-state index < -0.39 is 0 Å². The molecule has 1 aliphatic carbocycles. The Labute approximate surface area is 90.0 Å². The zero-order chi connectivity index (χ0) is 11.1. The van der Waals surface area contributed by atoms with Gasteiger partial charge in [-0.15, -0.1) is 0 Å². The van der Waals surface area contributed by atoms with Crippen LogP contribution in [0.2, 0.25) is 0 Å². The first-order valence-electron chi connectivity index (χ1n) is 5.59. The van der Waals surface area contributed by atoms with Gasteiger partial charge in [0.05, 0.1) is 6.54 Å². The predicted octanol–water partition coefficient (Wildman–Crippen LogP) is 1.51. The molecule has 4 heteroatoms. The lowest BCUT2D eigenvalue weighted by Crippen LogP contribution is -2.44. The number of hydrogen-bond acceptors (Lipinski definition) is 2. The van der Waals surface area contributed by atoms with Crippen LogP contribution in [-0.4, -0.2) is 29.4 Å². The average Bonchev–Trinajstić information content (AvgIpc) is 2.44. The maximum absolute atomic E-state index is 11.5. The van der Waals surface area contributed by atoms with Crippen LogP contribution in [0.1, 0.15) is 39.5 Å². The second kappa shape index (κ2) is 3.51. The highest BCUT2D eigenvalue weighted by atomic mass is 16.2. The molecular formula is C11H18N2O2. The van der Waals surface area contributed by atoms with E-state index in [9.17, 15) is 9.59 Å². The predicted molar refractivity (Wildman–Crippen MR) is 56.3 cm³/mol. The van der Waals surface area contributed by atoms with Crippen molar-refractivity contribution in [1.82, 2.24) is 10.2 Å². The van der Waals surface area contributed by atoms with Crippen LogP contribution >= 0.6 is 0 Å². The number of urea groups is 1. The Bertz CT molecular complexity index is 283. The van der Waals surface area contributed by atoms with Crippen LogP contribution in [0, 0.1) is 5.41 Å². The first-order chi connectivity index (χ1) is 6.99. The standard InChI is InChI=1S/C11H18N2O2/c1-11(2)5-3-4-8(6-11)13-9(14)7-12-10(13)15/h8H,3-7H2,1-2H3,(H,12,15). The lowest BCUT2D eigenvalue weighted by molar-refractivity contribution is -0.127. The zero-order valence-electron chi connectivity index (χ0n) is 9.38. The van der Waals surface area contributed by atoms with Crippen LogP contribution in [0.15, 0.2) is 0 Å². The van der Waals surface area contributed by atoms with Crippen LogP contribution in [0.25, 0.3) is 0 Å². The minimum Gasteiger partial charge on any atom is -0.329 e. The smallest absolute Gasteiger partial charge is 0.324 e. The van der Waals surface area contributed by atoms with Crippen molar-refractivity contribution in [2.75, 3.05) is 6.54 Å². The van der Waals surface area contributed by atoms with Crippen molar-refractivity contribution in [1.29, 1.82) is 0 Å². The van der Waals surface area contributed by atoms with E-state index in [-0.39, 0.29) is 29.9 Å². The summed E-state index contributed by atoms with van der Waals surface area (Å²) in [6.45, 7) is 4.59. The number of nitrogens with one attached hydrogen (secondary N) is 1. The van der Waals surface area contributed by atoms with Gasteiger partial charge in [0.1, 0.15) is 0 Å². The molecule has 84 valence electrons. The third-order valence-electron chi connectivity index (χ3n) is 3.42. The van der Waals surface area contributed by atoms with E-state index in [1.807, 2.05) is 0 Å². The van der Waals surface area contributed by atoms with Crippen molar-refractivity contribution in [3.05, 3.63) is 0 Å². The van der Waals surface area contributed by atoms with Gasteiger partial charge in [0.2, 0.25) is 5.91 Å². The highest BCUT2D eigenvalue weighted by Gasteiger charge is 2.39. The summed E-state index contributed by atoms with van der Waals surface area (Å²) in [6, 6.07) is -0.0913. The van der Waals surface area contributed by atoms with Gasteiger partial charge in [-0.1, -0.05) is 20.3 Å². The van der Waals surface area contributed by atoms with Gasteiger partial charge in [-0.25, -0.2) is 4.79 Å². The Morgan fingerprint density at radius 3 is 2.67 bits per heavy atom. The summed E-state index contributed by atoms with van der Waals surface area (Å²) in [6.07, 6.45) is 4.19. The van der Waals surface area contributed by atoms with E-state index in [1.54, 1.807) is 0 Å². The van der Waals surface area contributed by atoms with Crippen LogP contribution in [-0.2, 0) is 4.79 Å². The SMILES string of the molecule is CC1(C)CCCC(N2C(=O)CNC2=O)C1. The molecule has 0 aromatic rings. The minimum absolute atomic E-state index is 0.0669. The van der Waals surface area contributed by atoms with Crippen molar-refractivity contribution in [2.45, 2.75) is 45.6 Å². The summed E-state index contributed by atoms with van der Waals surface area (Å²) in [5.41, 5.74) is 0.256. The summed E-state index contributed by atoms with van der Waals surface area (Å²) in [5, 5.41) is 2.58. The van der Waals surface area contributed by atoms with Gasteiger partial charge >= 0.3 is 6.03 Å². The normalized spacial score (nSPS) is 30.5. The molecule has 0 aromatic heterocycles. The molecular weight excluding hydrogens is 192 g/mol. The van der Waals surface area contributed by atoms with E-state index in [0.29, 0.717) is 0 Å². The second-order valence-corrected chi connectivity index (χ2v) is 5.34. The molecule has 0 aromatic carbocycles. The zero-order valence-corrected chi connectivity index (χ0v) is 9.38.